The maximum atomic E-state index is 6.93. The molecule has 158 valence electrons. The van der Waals surface area contributed by atoms with Crippen LogP contribution < -0.4 is 5.73 Å². The van der Waals surface area contributed by atoms with Gasteiger partial charge in [0.05, 0.1) is 26.4 Å². The van der Waals surface area contributed by atoms with Crippen LogP contribution in [0, 0.1) is 34.5 Å². The van der Waals surface area contributed by atoms with Gasteiger partial charge in [0, 0.05) is 30.7 Å². The van der Waals surface area contributed by atoms with E-state index in [1.54, 1.807) is 0 Å². The van der Waals surface area contributed by atoms with Crippen molar-refractivity contribution in [1.29, 1.82) is 0 Å². The molecule has 4 aliphatic carbocycles. The normalized spacial score (nSPS) is 53.9. The summed E-state index contributed by atoms with van der Waals surface area (Å²) in [5.74, 6) is 2.03. The van der Waals surface area contributed by atoms with E-state index in [0.717, 1.165) is 58.0 Å². The van der Waals surface area contributed by atoms with Gasteiger partial charge in [0.2, 0.25) is 0 Å². The van der Waals surface area contributed by atoms with Crippen molar-refractivity contribution in [3.63, 3.8) is 0 Å². The van der Waals surface area contributed by atoms with Crippen molar-refractivity contribution >= 4 is 0 Å². The topological polar surface area (TPSA) is 62.9 Å². The lowest BCUT2D eigenvalue weighted by molar-refractivity contribution is -0.259. The SMILES string of the molecule is C[C@]12CCC3(CC1[C@@H](N)C[C@@H]1[C@@H]2CC[C@@]2(C)[C@H]1CCC21OCCO1)OCCO3. The molecule has 0 aromatic carbocycles. The molecule has 6 fully saturated rings. The van der Waals surface area contributed by atoms with Crippen molar-refractivity contribution in [2.24, 2.45) is 40.2 Å². The first kappa shape index (κ1) is 18.6. The summed E-state index contributed by atoms with van der Waals surface area (Å²) in [6, 6.07) is 0.250. The van der Waals surface area contributed by atoms with E-state index in [-0.39, 0.29) is 23.0 Å². The lowest BCUT2D eigenvalue weighted by Gasteiger charge is -2.63. The van der Waals surface area contributed by atoms with Gasteiger partial charge in [-0.1, -0.05) is 13.8 Å². The minimum Gasteiger partial charge on any atom is -0.348 e. The molecule has 4 saturated carbocycles. The van der Waals surface area contributed by atoms with Gasteiger partial charge in [0.25, 0.3) is 0 Å². The fraction of sp³-hybridized carbons (Fsp3) is 1.00. The summed E-state index contributed by atoms with van der Waals surface area (Å²) >= 11 is 0. The fourth-order valence-corrected chi connectivity index (χ4v) is 8.97. The largest absolute Gasteiger partial charge is 0.348 e. The van der Waals surface area contributed by atoms with Gasteiger partial charge < -0.3 is 24.7 Å². The van der Waals surface area contributed by atoms with Crippen LogP contribution in [-0.4, -0.2) is 44.0 Å². The third-order valence-corrected chi connectivity index (χ3v) is 10.4. The second-order valence-electron chi connectivity index (χ2n) is 11.1. The molecule has 6 aliphatic rings. The Bertz CT molecular complexity index is 643. The van der Waals surface area contributed by atoms with Gasteiger partial charge in [-0.3, -0.25) is 0 Å². The Hall–Kier alpha value is -0.200. The van der Waals surface area contributed by atoms with Crippen LogP contribution in [0.1, 0.15) is 65.2 Å². The van der Waals surface area contributed by atoms with E-state index in [2.05, 4.69) is 13.8 Å². The smallest absolute Gasteiger partial charge is 0.174 e. The highest BCUT2D eigenvalue weighted by atomic mass is 16.7. The Morgan fingerprint density at radius 3 is 2.18 bits per heavy atom. The Morgan fingerprint density at radius 2 is 1.43 bits per heavy atom. The minimum atomic E-state index is -0.333. The molecule has 5 nitrogen and oxygen atoms in total. The number of hydrogen-bond acceptors (Lipinski definition) is 5. The van der Waals surface area contributed by atoms with Gasteiger partial charge in [-0.2, -0.15) is 0 Å². The molecule has 2 aliphatic heterocycles. The number of ether oxygens (including phenoxy) is 4. The molecule has 2 saturated heterocycles. The van der Waals surface area contributed by atoms with Crippen LogP contribution in [-0.2, 0) is 18.9 Å². The van der Waals surface area contributed by atoms with Crippen molar-refractivity contribution in [3.05, 3.63) is 0 Å². The summed E-state index contributed by atoms with van der Waals surface area (Å²) < 4.78 is 24.8. The summed E-state index contributed by atoms with van der Waals surface area (Å²) in [6.45, 7) is 8.02. The third kappa shape index (κ3) is 2.21. The second-order valence-corrected chi connectivity index (χ2v) is 11.1. The van der Waals surface area contributed by atoms with Crippen molar-refractivity contribution < 1.29 is 18.9 Å². The molecule has 2 spiro atoms. The predicted octanol–water partition coefficient (Wildman–Crippen LogP) is 3.45. The Balaban J connectivity index is 1.31. The highest BCUT2D eigenvalue weighted by Crippen LogP contribution is 2.70. The number of hydrogen-bond donors (Lipinski definition) is 1. The lowest BCUT2D eigenvalue weighted by atomic mass is 9.43. The third-order valence-electron chi connectivity index (χ3n) is 10.4. The zero-order chi connectivity index (χ0) is 19.2. The van der Waals surface area contributed by atoms with Crippen molar-refractivity contribution in [3.8, 4) is 0 Å². The van der Waals surface area contributed by atoms with Crippen LogP contribution in [0.15, 0.2) is 0 Å². The number of rotatable bonds is 0. The van der Waals surface area contributed by atoms with Gasteiger partial charge in [0.1, 0.15) is 0 Å². The molecule has 6 rings (SSSR count). The van der Waals surface area contributed by atoms with E-state index in [1.807, 2.05) is 0 Å². The summed E-state index contributed by atoms with van der Waals surface area (Å²) in [5, 5.41) is 0. The maximum Gasteiger partial charge on any atom is 0.174 e. The van der Waals surface area contributed by atoms with Crippen LogP contribution >= 0.6 is 0 Å². The summed E-state index contributed by atoms with van der Waals surface area (Å²) in [5.41, 5.74) is 7.40. The first-order chi connectivity index (χ1) is 13.4. The van der Waals surface area contributed by atoms with Crippen LogP contribution in [0.4, 0.5) is 0 Å². The second kappa shape index (κ2) is 5.94. The average molecular weight is 392 g/mol. The van der Waals surface area contributed by atoms with E-state index < -0.39 is 0 Å². The summed E-state index contributed by atoms with van der Waals surface area (Å²) in [4.78, 5) is 0. The number of nitrogens with two attached hydrogens (primary N) is 1. The monoisotopic (exact) mass is 391 g/mol. The molecule has 0 radical (unpaired) electrons. The van der Waals surface area contributed by atoms with Gasteiger partial charge in [-0.05, 0) is 61.2 Å². The Morgan fingerprint density at radius 1 is 0.750 bits per heavy atom. The van der Waals surface area contributed by atoms with E-state index in [0.29, 0.717) is 23.2 Å². The van der Waals surface area contributed by atoms with Crippen molar-refractivity contribution in [2.75, 3.05) is 26.4 Å². The van der Waals surface area contributed by atoms with Crippen LogP contribution in [0.2, 0.25) is 0 Å². The molecule has 2 N–H and O–H groups in total. The van der Waals surface area contributed by atoms with E-state index >= 15 is 0 Å². The molecule has 0 amide bonds. The van der Waals surface area contributed by atoms with E-state index in [9.17, 15) is 0 Å². The van der Waals surface area contributed by atoms with Crippen LogP contribution in [0.25, 0.3) is 0 Å². The van der Waals surface area contributed by atoms with Crippen LogP contribution in [0.5, 0.6) is 0 Å². The predicted molar refractivity (Wildman–Crippen MR) is 104 cm³/mol. The van der Waals surface area contributed by atoms with Gasteiger partial charge in [0.15, 0.2) is 11.6 Å². The summed E-state index contributed by atoms with van der Waals surface area (Å²) in [7, 11) is 0. The molecule has 0 aromatic rings. The zero-order valence-electron chi connectivity index (χ0n) is 17.6. The van der Waals surface area contributed by atoms with Gasteiger partial charge in [-0.25, -0.2) is 0 Å². The zero-order valence-corrected chi connectivity index (χ0v) is 17.6. The molecule has 7 atom stereocenters. The molecule has 0 bridgehead atoms. The first-order valence-corrected chi connectivity index (χ1v) is 11.7. The maximum absolute atomic E-state index is 6.93. The fourth-order valence-electron chi connectivity index (χ4n) is 8.97. The molecule has 1 unspecified atom stereocenters. The average Bonchev–Trinajstić information content (AvgIpc) is 3.39. The van der Waals surface area contributed by atoms with Crippen molar-refractivity contribution in [2.45, 2.75) is 82.8 Å². The van der Waals surface area contributed by atoms with Gasteiger partial charge in [-0.15, -0.1) is 0 Å². The molecule has 0 aromatic heterocycles. The Labute approximate surface area is 169 Å². The molecular formula is C23H37NO4. The molecule has 28 heavy (non-hydrogen) atoms. The lowest BCUT2D eigenvalue weighted by Crippen LogP contribution is -2.63. The summed E-state index contributed by atoms with van der Waals surface area (Å²) in [6.07, 6.45) is 9.19. The van der Waals surface area contributed by atoms with E-state index in [4.69, 9.17) is 24.7 Å². The molecule has 5 heteroatoms. The minimum absolute atomic E-state index is 0.154. The number of fused-ring (bicyclic) bond motifs is 6. The van der Waals surface area contributed by atoms with Gasteiger partial charge >= 0.3 is 0 Å². The highest BCUT2D eigenvalue weighted by Gasteiger charge is 2.68. The quantitative estimate of drug-likeness (QED) is 0.685. The van der Waals surface area contributed by atoms with Crippen LogP contribution in [0.3, 0.4) is 0 Å². The standard InChI is InChI=1S/C23H37NO4/c1-20-7-8-22(25-9-10-26-22)14-18(20)19(24)13-15-16(20)3-5-21(2)17(15)4-6-23(21)27-11-12-28-23/h15-19H,3-14,24H2,1-2H3/t15-,16+,17+,18?,19+,20-,21+/m1/s1. The van der Waals surface area contributed by atoms with E-state index in [1.165, 1.54) is 25.7 Å². The molecular weight excluding hydrogens is 354 g/mol. The Kier molecular flexibility index (Phi) is 3.94. The highest BCUT2D eigenvalue weighted by molar-refractivity contribution is 5.15. The van der Waals surface area contributed by atoms with Crippen molar-refractivity contribution in [1.82, 2.24) is 0 Å². The first-order valence-electron chi connectivity index (χ1n) is 11.7. The molecule has 2 heterocycles.